The standard InChI is InChI=1S/C25H20N8O/c26-12-16-2-1-15(11-18(16)19-13-28-14-21-17(19)5-6-29-21)23(34)25-30-20-3-4-22(31-24(20)32-25)33-9-7-27-8-10-33/h1-6,11,13-14,27,29H,7-10H2,(H,30,31,32). The van der Waals surface area contributed by atoms with Gasteiger partial charge in [-0.1, -0.05) is 0 Å². The van der Waals surface area contributed by atoms with Gasteiger partial charge in [-0.15, -0.1) is 0 Å². The summed E-state index contributed by atoms with van der Waals surface area (Å²) in [6, 6.07) is 13.1. The molecule has 0 saturated carbocycles. The van der Waals surface area contributed by atoms with Crippen molar-refractivity contribution in [3.8, 4) is 17.2 Å². The molecule has 0 bridgehead atoms. The average molecular weight is 448 g/mol. The van der Waals surface area contributed by atoms with Crippen LogP contribution in [0.4, 0.5) is 5.82 Å². The Hall–Kier alpha value is -4.55. The lowest BCUT2D eigenvalue weighted by atomic mass is 9.95. The second-order valence-electron chi connectivity index (χ2n) is 8.19. The lowest BCUT2D eigenvalue weighted by Gasteiger charge is -2.28. The molecule has 3 N–H and O–H groups in total. The molecule has 4 aromatic heterocycles. The molecule has 166 valence electrons. The van der Waals surface area contributed by atoms with Crippen LogP contribution in [0.1, 0.15) is 21.7 Å². The molecule has 34 heavy (non-hydrogen) atoms. The number of carbonyl (C=O) groups excluding carboxylic acids is 1. The van der Waals surface area contributed by atoms with E-state index in [0.717, 1.165) is 48.5 Å². The number of fused-ring (bicyclic) bond motifs is 2. The summed E-state index contributed by atoms with van der Waals surface area (Å²) in [6.07, 6.45) is 5.27. The van der Waals surface area contributed by atoms with Crippen LogP contribution < -0.4 is 10.2 Å². The van der Waals surface area contributed by atoms with Gasteiger partial charge in [0.25, 0.3) is 0 Å². The van der Waals surface area contributed by atoms with Gasteiger partial charge in [-0.3, -0.25) is 9.78 Å². The zero-order chi connectivity index (χ0) is 23.1. The van der Waals surface area contributed by atoms with Gasteiger partial charge in [-0.05, 0) is 36.4 Å². The van der Waals surface area contributed by atoms with E-state index in [4.69, 9.17) is 0 Å². The van der Waals surface area contributed by atoms with E-state index in [-0.39, 0.29) is 11.6 Å². The van der Waals surface area contributed by atoms with Crippen molar-refractivity contribution in [2.45, 2.75) is 0 Å². The van der Waals surface area contributed by atoms with E-state index in [1.165, 1.54) is 0 Å². The van der Waals surface area contributed by atoms with E-state index in [1.54, 1.807) is 30.6 Å². The highest BCUT2D eigenvalue weighted by atomic mass is 16.1. The van der Waals surface area contributed by atoms with Crippen molar-refractivity contribution >= 4 is 33.7 Å². The van der Waals surface area contributed by atoms with E-state index in [0.29, 0.717) is 27.9 Å². The largest absolute Gasteiger partial charge is 0.360 e. The van der Waals surface area contributed by atoms with E-state index in [9.17, 15) is 10.1 Å². The van der Waals surface area contributed by atoms with Crippen molar-refractivity contribution in [2.24, 2.45) is 0 Å². The molecule has 1 aliphatic rings. The lowest BCUT2D eigenvalue weighted by molar-refractivity contribution is 0.103. The number of nitriles is 1. The molecule has 9 heteroatoms. The van der Waals surface area contributed by atoms with Crippen LogP contribution in [0.25, 0.3) is 33.2 Å². The van der Waals surface area contributed by atoms with Crippen molar-refractivity contribution in [2.75, 3.05) is 31.1 Å². The SMILES string of the molecule is N#Cc1ccc(C(=O)c2nc3nc(N4CCNCC4)ccc3[nH]2)cc1-c1cncc2[nH]ccc12. The first-order chi connectivity index (χ1) is 16.7. The fraction of sp³-hybridized carbons (Fsp3) is 0.160. The highest BCUT2D eigenvalue weighted by Crippen LogP contribution is 2.31. The van der Waals surface area contributed by atoms with Crippen LogP contribution in [0.3, 0.4) is 0 Å². The summed E-state index contributed by atoms with van der Waals surface area (Å²) in [4.78, 5) is 35.2. The van der Waals surface area contributed by atoms with E-state index in [2.05, 4.69) is 41.2 Å². The molecule has 0 aliphatic carbocycles. The predicted molar refractivity (Wildman–Crippen MR) is 129 cm³/mol. The second kappa shape index (κ2) is 8.10. The summed E-state index contributed by atoms with van der Waals surface area (Å²) in [5.41, 5.74) is 4.42. The van der Waals surface area contributed by atoms with Crippen LogP contribution in [-0.2, 0) is 0 Å². The fourth-order valence-electron chi connectivity index (χ4n) is 4.40. The summed E-state index contributed by atoms with van der Waals surface area (Å²) in [7, 11) is 0. The first-order valence-electron chi connectivity index (χ1n) is 11.0. The van der Waals surface area contributed by atoms with Gasteiger partial charge in [0.2, 0.25) is 5.78 Å². The molecule has 0 atom stereocenters. The molecular weight excluding hydrogens is 428 g/mol. The number of ketones is 1. The van der Waals surface area contributed by atoms with Gasteiger partial charge in [0.15, 0.2) is 11.5 Å². The van der Waals surface area contributed by atoms with E-state index in [1.807, 2.05) is 24.4 Å². The van der Waals surface area contributed by atoms with Crippen LogP contribution in [0, 0.1) is 11.3 Å². The molecular formula is C25H20N8O. The van der Waals surface area contributed by atoms with E-state index < -0.39 is 0 Å². The van der Waals surface area contributed by atoms with Crippen molar-refractivity contribution in [1.29, 1.82) is 5.26 Å². The number of hydrogen-bond acceptors (Lipinski definition) is 7. The summed E-state index contributed by atoms with van der Waals surface area (Å²) in [6.45, 7) is 3.59. The van der Waals surface area contributed by atoms with Gasteiger partial charge in [-0.2, -0.15) is 5.26 Å². The number of benzene rings is 1. The van der Waals surface area contributed by atoms with Crippen LogP contribution in [0.2, 0.25) is 0 Å². The minimum atomic E-state index is -0.262. The number of anilines is 1. The van der Waals surface area contributed by atoms with Gasteiger partial charge in [-0.25, -0.2) is 9.97 Å². The third kappa shape index (κ3) is 3.37. The molecule has 1 fully saturated rings. The van der Waals surface area contributed by atoms with Crippen LogP contribution >= 0.6 is 0 Å². The van der Waals surface area contributed by atoms with Crippen molar-refractivity contribution in [3.63, 3.8) is 0 Å². The first kappa shape index (κ1) is 20.1. The lowest BCUT2D eigenvalue weighted by Crippen LogP contribution is -2.43. The summed E-state index contributed by atoms with van der Waals surface area (Å²) < 4.78 is 0. The quantitative estimate of drug-likeness (QED) is 0.361. The highest BCUT2D eigenvalue weighted by Gasteiger charge is 2.19. The Bertz CT molecular complexity index is 1590. The van der Waals surface area contributed by atoms with Crippen molar-refractivity contribution in [3.05, 3.63) is 71.9 Å². The molecule has 5 aromatic rings. The minimum absolute atomic E-state index is 0.216. The smallest absolute Gasteiger partial charge is 0.228 e. The highest BCUT2D eigenvalue weighted by molar-refractivity contribution is 6.09. The maximum atomic E-state index is 13.4. The van der Waals surface area contributed by atoms with Gasteiger partial charge in [0.05, 0.1) is 28.9 Å². The summed E-state index contributed by atoms with van der Waals surface area (Å²) >= 11 is 0. The normalized spacial score (nSPS) is 13.9. The number of imidazole rings is 1. The molecule has 1 aliphatic heterocycles. The van der Waals surface area contributed by atoms with Crippen LogP contribution in [-0.4, -0.2) is 56.9 Å². The Balaban J connectivity index is 1.38. The maximum Gasteiger partial charge on any atom is 0.228 e. The molecule has 0 amide bonds. The first-order valence-corrected chi connectivity index (χ1v) is 11.0. The number of nitrogens with one attached hydrogen (secondary N) is 3. The second-order valence-corrected chi connectivity index (χ2v) is 8.19. The number of H-pyrrole nitrogens is 2. The van der Waals surface area contributed by atoms with Crippen LogP contribution in [0.15, 0.2) is 55.0 Å². The number of piperazine rings is 1. The molecule has 1 saturated heterocycles. The third-order valence-electron chi connectivity index (χ3n) is 6.16. The number of hydrogen-bond donors (Lipinski definition) is 3. The predicted octanol–water partition coefficient (Wildman–Crippen LogP) is 3.01. The molecule has 5 heterocycles. The fourth-order valence-corrected chi connectivity index (χ4v) is 4.40. The van der Waals surface area contributed by atoms with Gasteiger partial charge in [0.1, 0.15) is 5.82 Å². The van der Waals surface area contributed by atoms with Gasteiger partial charge >= 0.3 is 0 Å². The number of aromatic amines is 2. The Morgan fingerprint density at radius 1 is 1.00 bits per heavy atom. The molecule has 9 nitrogen and oxygen atoms in total. The Morgan fingerprint density at radius 3 is 2.74 bits per heavy atom. The number of pyridine rings is 2. The van der Waals surface area contributed by atoms with Crippen LogP contribution in [0.5, 0.6) is 0 Å². The number of rotatable bonds is 4. The number of nitrogens with zero attached hydrogens (tertiary/aromatic N) is 5. The summed E-state index contributed by atoms with van der Waals surface area (Å²) in [5.74, 6) is 0.808. The molecule has 0 radical (unpaired) electrons. The molecule has 0 unspecified atom stereocenters. The number of carbonyl (C=O) groups is 1. The third-order valence-corrected chi connectivity index (χ3v) is 6.16. The topological polar surface area (TPSA) is 126 Å². The average Bonchev–Trinajstić information content (AvgIpc) is 3.55. The molecule has 1 aromatic carbocycles. The molecule has 0 spiro atoms. The van der Waals surface area contributed by atoms with E-state index >= 15 is 0 Å². The van der Waals surface area contributed by atoms with Gasteiger partial charge in [0, 0.05) is 60.6 Å². The maximum absolute atomic E-state index is 13.4. The Labute approximate surface area is 194 Å². The Kier molecular flexibility index (Phi) is 4.78. The van der Waals surface area contributed by atoms with Gasteiger partial charge < -0.3 is 20.2 Å². The zero-order valence-electron chi connectivity index (χ0n) is 18.2. The number of aromatic nitrogens is 5. The summed E-state index contributed by atoms with van der Waals surface area (Å²) in [5, 5.41) is 13.9. The van der Waals surface area contributed by atoms with Crippen molar-refractivity contribution < 1.29 is 4.79 Å². The molecule has 6 rings (SSSR count). The monoisotopic (exact) mass is 448 g/mol. The minimum Gasteiger partial charge on any atom is -0.360 e. The van der Waals surface area contributed by atoms with Crippen molar-refractivity contribution in [1.82, 2.24) is 30.2 Å². The Morgan fingerprint density at radius 2 is 1.88 bits per heavy atom. The zero-order valence-corrected chi connectivity index (χ0v) is 18.2.